The van der Waals surface area contributed by atoms with Gasteiger partial charge in [0.2, 0.25) is 5.76 Å². The van der Waals surface area contributed by atoms with Gasteiger partial charge in [0.05, 0.1) is 0 Å². The van der Waals surface area contributed by atoms with Crippen molar-refractivity contribution < 1.29 is 14.6 Å². The van der Waals surface area contributed by atoms with Crippen LogP contribution in [0.15, 0.2) is 60.6 Å². The molecule has 26 heavy (non-hydrogen) atoms. The van der Waals surface area contributed by atoms with Crippen molar-refractivity contribution in [3.8, 4) is 6.01 Å². The first-order valence-electron chi connectivity index (χ1n) is 7.85. The third-order valence-electron chi connectivity index (χ3n) is 3.47. The van der Waals surface area contributed by atoms with E-state index in [9.17, 15) is 9.90 Å². The molecule has 0 aliphatic rings. The Bertz CT molecular complexity index is 895. The highest BCUT2D eigenvalue weighted by Gasteiger charge is 2.22. The number of carboxylic acid groups (broad SMARTS) is 1. The third kappa shape index (κ3) is 3.89. The molecule has 3 rings (SSSR count). The van der Waals surface area contributed by atoms with Gasteiger partial charge in [-0.25, -0.2) is 9.78 Å². The van der Waals surface area contributed by atoms with Crippen LogP contribution in [0.2, 0.25) is 0 Å². The Morgan fingerprint density at radius 2 is 1.58 bits per heavy atom. The van der Waals surface area contributed by atoms with E-state index in [-0.39, 0.29) is 11.8 Å². The fourth-order valence-corrected chi connectivity index (χ4v) is 2.47. The summed E-state index contributed by atoms with van der Waals surface area (Å²) in [5.41, 5.74) is 1.68. The van der Waals surface area contributed by atoms with Crippen molar-refractivity contribution in [3.63, 3.8) is 0 Å². The first-order chi connectivity index (χ1) is 12.5. The van der Waals surface area contributed by atoms with E-state index < -0.39 is 5.97 Å². The quantitative estimate of drug-likeness (QED) is 0.559. The number of carboxylic acids is 1. The molecular formula is C19H16N4O3. The maximum Gasteiger partial charge on any atom is 0.372 e. The summed E-state index contributed by atoms with van der Waals surface area (Å²) in [6.07, 6.45) is 3.20. The molecule has 0 saturated heterocycles. The van der Waals surface area contributed by atoms with Crippen molar-refractivity contribution >= 4 is 11.5 Å². The molecule has 0 radical (unpaired) electrons. The van der Waals surface area contributed by atoms with Crippen LogP contribution in [0.4, 0.5) is 0 Å². The van der Waals surface area contributed by atoms with E-state index in [1.807, 2.05) is 18.2 Å². The zero-order valence-electron chi connectivity index (χ0n) is 14.2. The summed E-state index contributed by atoms with van der Waals surface area (Å²) in [6.45, 7) is 3.37. The number of ether oxygens (including phenoxy) is 1. The Morgan fingerprint density at radius 1 is 0.923 bits per heavy atom. The van der Waals surface area contributed by atoms with E-state index >= 15 is 0 Å². The lowest BCUT2D eigenvalue weighted by atomic mass is 9.98. The molecule has 130 valence electrons. The van der Waals surface area contributed by atoms with Crippen molar-refractivity contribution in [2.24, 2.45) is 0 Å². The molecule has 0 saturated carbocycles. The second-order valence-corrected chi connectivity index (χ2v) is 5.43. The summed E-state index contributed by atoms with van der Waals surface area (Å²) in [5.74, 6) is -0.627. The average Bonchev–Trinajstić information content (AvgIpc) is 2.62. The Labute approximate surface area is 150 Å². The maximum atomic E-state index is 12.0. The Kier molecular flexibility index (Phi) is 4.98. The monoisotopic (exact) mass is 348 g/mol. The highest BCUT2D eigenvalue weighted by Crippen LogP contribution is 2.27. The molecule has 7 nitrogen and oxygen atoms in total. The van der Waals surface area contributed by atoms with Crippen LogP contribution in [0.1, 0.15) is 22.8 Å². The summed E-state index contributed by atoms with van der Waals surface area (Å²) < 4.78 is 5.60. The zero-order valence-corrected chi connectivity index (χ0v) is 14.2. The molecule has 1 N–H and O–H groups in total. The summed E-state index contributed by atoms with van der Waals surface area (Å²) >= 11 is 0. The lowest BCUT2D eigenvalue weighted by molar-refractivity contribution is -0.135. The van der Waals surface area contributed by atoms with E-state index in [0.29, 0.717) is 28.3 Å². The summed E-state index contributed by atoms with van der Waals surface area (Å²) in [6, 6.07) is 12.5. The largest absolute Gasteiger partial charge is 0.475 e. The van der Waals surface area contributed by atoms with Crippen molar-refractivity contribution in [1.29, 1.82) is 0 Å². The number of benzene rings is 1. The van der Waals surface area contributed by atoms with Crippen molar-refractivity contribution in [2.75, 3.05) is 0 Å². The minimum absolute atomic E-state index is 0.0651. The predicted molar refractivity (Wildman–Crippen MR) is 94.3 cm³/mol. The number of carbonyl (C=O) groups is 1. The molecule has 0 fully saturated rings. The minimum Gasteiger partial charge on any atom is -0.475 e. The molecule has 0 amide bonds. The topological polar surface area (TPSA) is 98.1 Å². The lowest BCUT2D eigenvalue weighted by Gasteiger charge is -2.13. The number of pyridine rings is 1. The van der Waals surface area contributed by atoms with Crippen LogP contribution < -0.4 is 4.74 Å². The molecule has 2 heterocycles. The summed E-state index contributed by atoms with van der Waals surface area (Å²) in [4.78, 5) is 28.3. The Morgan fingerprint density at radius 3 is 2.15 bits per heavy atom. The van der Waals surface area contributed by atoms with Gasteiger partial charge < -0.3 is 9.84 Å². The van der Waals surface area contributed by atoms with Crippen LogP contribution in [-0.4, -0.2) is 31.0 Å². The molecule has 0 atom stereocenters. The number of nitrogens with zero attached hydrogens (tertiary/aromatic N) is 4. The van der Waals surface area contributed by atoms with Crippen molar-refractivity contribution in [1.82, 2.24) is 19.9 Å². The smallest absolute Gasteiger partial charge is 0.372 e. The standard InChI is InChI=1S/C19H16N4O3/c1-12-21-13(2)23-19(22-12)26-17(18(24)25)16(14-7-4-3-5-8-14)15-9-6-10-20-11-15/h3-11H,1-2H3,(H,24,25)/b17-16-. The molecule has 2 aromatic heterocycles. The second-order valence-electron chi connectivity index (χ2n) is 5.43. The minimum atomic E-state index is -1.23. The number of aromatic nitrogens is 4. The van der Waals surface area contributed by atoms with Gasteiger partial charge in [-0.3, -0.25) is 4.98 Å². The van der Waals surface area contributed by atoms with Gasteiger partial charge in [-0.05, 0) is 25.5 Å². The van der Waals surface area contributed by atoms with E-state index in [0.717, 1.165) is 0 Å². The van der Waals surface area contributed by atoms with E-state index in [2.05, 4.69) is 19.9 Å². The molecule has 0 aliphatic heterocycles. The second kappa shape index (κ2) is 7.52. The fraction of sp³-hybridized carbons (Fsp3) is 0.105. The van der Waals surface area contributed by atoms with Crippen LogP contribution in [-0.2, 0) is 4.79 Å². The van der Waals surface area contributed by atoms with Crippen LogP contribution >= 0.6 is 0 Å². The van der Waals surface area contributed by atoms with Crippen molar-refractivity contribution in [2.45, 2.75) is 13.8 Å². The average molecular weight is 348 g/mol. The van der Waals surface area contributed by atoms with Crippen LogP contribution in [0, 0.1) is 13.8 Å². The van der Waals surface area contributed by atoms with Crippen molar-refractivity contribution in [3.05, 3.63) is 83.4 Å². The van der Waals surface area contributed by atoms with Gasteiger partial charge in [0.25, 0.3) is 0 Å². The van der Waals surface area contributed by atoms with Gasteiger partial charge in [-0.15, -0.1) is 0 Å². The van der Waals surface area contributed by atoms with Gasteiger partial charge in [0, 0.05) is 23.5 Å². The number of rotatable bonds is 5. The number of aryl methyl sites for hydroxylation is 2. The van der Waals surface area contributed by atoms with Gasteiger partial charge in [0.15, 0.2) is 0 Å². The molecular weight excluding hydrogens is 332 g/mol. The summed E-state index contributed by atoms with van der Waals surface area (Å²) in [5, 5.41) is 9.79. The van der Waals surface area contributed by atoms with Gasteiger partial charge in [-0.1, -0.05) is 36.4 Å². The van der Waals surface area contributed by atoms with Crippen LogP contribution in [0.5, 0.6) is 6.01 Å². The van der Waals surface area contributed by atoms with E-state index in [1.165, 1.54) is 0 Å². The van der Waals surface area contributed by atoms with Crippen LogP contribution in [0.25, 0.3) is 5.57 Å². The zero-order chi connectivity index (χ0) is 18.5. The number of aliphatic carboxylic acids is 1. The highest BCUT2D eigenvalue weighted by molar-refractivity contribution is 5.99. The van der Waals surface area contributed by atoms with Gasteiger partial charge in [-0.2, -0.15) is 9.97 Å². The predicted octanol–water partition coefficient (Wildman–Crippen LogP) is 2.81. The SMILES string of the molecule is Cc1nc(C)nc(O/C(C(=O)O)=C(/c2ccccc2)c2cccnc2)n1. The first kappa shape index (κ1) is 17.2. The number of hydrogen-bond donors (Lipinski definition) is 1. The van der Waals surface area contributed by atoms with E-state index in [4.69, 9.17) is 4.74 Å². The fourth-order valence-electron chi connectivity index (χ4n) is 2.47. The van der Waals surface area contributed by atoms with E-state index in [1.54, 1.807) is 50.5 Å². The van der Waals surface area contributed by atoms with Crippen LogP contribution in [0.3, 0.4) is 0 Å². The maximum absolute atomic E-state index is 12.0. The molecule has 0 unspecified atom stereocenters. The molecule has 0 bridgehead atoms. The Balaban J connectivity index is 2.20. The Hall–Kier alpha value is -3.61. The first-order valence-corrected chi connectivity index (χ1v) is 7.85. The molecule has 0 spiro atoms. The molecule has 0 aliphatic carbocycles. The highest BCUT2D eigenvalue weighted by atomic mass is 16.5. The molecule has 1 aromatic carbocycles. The normalized spacial score (nSPS) is 11.6. The molecule has 3 aromatic rings. The molecule has 7 heteroatoms. The lowest BCUT2D eigenvalue weighted by Crippen LogP contribution is -2.14. The summed E-state index contributed by atoms with van der Waals surface area (Å²) in [7, 11) is 0. The van der Waals surface area contributed by atoms with Gasteiger partial charge >= 0.3 is 12.0 Å². The van der Waals surface area contributed by atoms with Gasteiger partial charge in [0.1, 0.15) is 11.6 Å². The number of hydrogen-bond acceptors (Lipinski definition) is 6. The third-order valence-corrected chi connectivity index (χ3v) is 3.47.